The molecule has 0 bridgehead atoms. The maximum absolute atomic E-state index is 12.6. The minimum Gasteiger partial charge on any atom is -0.349 e. The average Bonchev–Trinajstić information content (AvgIpc) is 2.98. The molecule has 5 heteroatoms. The molecule has 0 radical (unpaired) electrons. The maximum Gasteiger partial charge on any atom is 0.239 e. The van der Waals surface area contributed by atoms with E-state index in [1.54, 1.807) is 4.90 Å². The van der Waals surface area contributed by atoms with Crippen molar-refractivity contribution >= 4 is 33.4 Å². The fourth-order valence-corrected chi connectivity index (χ4v) is 3.20. The molecule has 1 heterocycles. The molecule has 0 unspecified atom stereocenters. The second kappa shape index (κ2) is 7.18. The quantitative estimate of drug-likeness (QED) is 0.814. The number of benzene rings is 2. The first-order valence-electron chi connectivity index (χ1n) is 7.98. The van der Waals surface area contributed by atoms with E-state index in [-0.39, 0.29) is 17.9 Å². The summed E-state index contributed by atoms with van der Waals surface area (Å²) in [5.74, 6) is -0.939. The molecule has 0 saturated carbocycles. The largest absolute Gasteiger partial charge is 0.349 e. The van der Waals surface area contributed by atoms with E-state index in [9.17, 15) is 9.59 Å². The van der Waals surface area contributed by atoms with Crippen molar-refractivity contribution in [3.63, 3.8) is 0 Å². The molecule has 0 spiro atoms. The lowest BCUT2D eigenvalue weighted by molar-refractivity contribution is -0.132. The Hall–Kier alpha value is -2.14. The first-order valence-corrected chi connectivity index (χ1v) is 8.78. The van der Waals surface area contributed by atoms with E-state index < -0.39 is 5.92 Å². The molecule has 0 aromatic heterocycles. The maximum atomic E-state index is 12.6. The molecule has 2 aromatic carbocycles. The van der Waals surface area contributed by atoms with E-state index in [1.807, 2.05) is 61.5 Å². The third-order valence-electron chi connectivity index (χ3n) is 4.32. The van der Waals surface area contributed by atoms with Crippen LogP contribution in [0.1, 0.15) is 24.9 Å². The molecule has 2 amide bonds. The van der Waals surface area contributed by atoms with Gasteiger partial charge in [0, 0.05) is 16.7 Å². The Bertz CT molecular complexity index is 731. The second-order valence-corrected chi connectivity index (χ2v) is 6.86. The number of halogens is 1. The van der Waals surface area contributed by atoms with Gasteiger partial charge in [0.15, 0.2) is 0 Å². The highest BCUT2D eigenvalue weighted by Crippen LogP contribution is 2.27. The number of hydrogen-bond donors (Lipinski definition) is 1. The molecule has 3 rings (SSSR count). The van der Waals surface area contributed by atoms with Crippen LogP contribution in [0.15, 0.2) is 59.1 Å². The van der Waals surface area contributed by atoms with Gasteiger partial charge < -0.3 is 10.2 Å². The number of amides is 2. The Labute approximate surface area is 150 Å². The molecular weight excluding hydrogens is 368 g/mol. The number of rotatable bonds is 4. The van der Waals surface area contributed by atoms with Crippen LogP contribution in [0.25, 0.3) is 0 Å². The molecule has 2 atom stereocenters. The smallest absolute Gasteiger partial charge is 0.239 e. The number of carbonyl (C=O) groups is 2. The van der Waals surface area contributed by atoms with Gasteiger partial charge in [-0.3, -0.25) is 9.59 Å². The van der Waals surface area contributed by atoms with Crippen molar-refractivity contribution in [3.05, 3.63) is 64.6 Å². The van der Waals surface area contributed by atoms with Crippen LogP contribution in [-0.4, -0.2) is 18.4 Å². The van der Waals surface area contributed by atoms with Crippen molar-refractivity contribution < 1.29 is 9.59 Å². The van der Waals surface area contributed by atoms with Crippen molar-refractivity contribution in [2.45, 2.75) is 19.4 Å². The second-order valence-electron chi connectivity index (χ2n) is 5.95. The van der Waals surface area contributed by atoms with E-state index in [0.717, 1.165) is 15.7 Å². The van der Waals surface area contributed by atoms with Crippen LogP contribution in [0.3, 0.4) is 0 Å². The lowest BCUT2D eigenvalue weighted by Gasteiger charge is -2.19. The van der Waals surface area contributed by atoms with Crippen LogP contribution in [0.4, 0.5) is 5.69 Å². The summed E-state index contributed by atoms with van der Waals surface area (Å²) in [7, 11) is 0. The fourth-order valence-electron chi connectivity index (χ4n) is 2.94. The van der Waals surface area contributed by atoms with Gasteiger partial charge in [-0.15, -0.1) is 0 Å². The molecule has 4 nitrogen and oxygen atoms in total. The Morgan fingerprint density at radius 1 is 1.17 bits per heavy atom. The zero-order chi connectivity index (χ0) is 17.1. The highest BCUT2D eigenvalue weighted by molar-refractivity contribution is 9.10. The summed E-state index contributed by atoms with van der Waals surface area (Å²) in [5.41, 5.74) is 1.86. The monoisotopic (exact) mass is 386 g/mol. The van der Waals surface area contributed by atoms with Gasteiger partial charge in [-0.25, -0.2) is 0 Å². The number of nitrogens with zero attached hydrogens (tertiary/aromatic N) is 1. The number of carbonyl (C=O) groups excluding carboxylic acids is 2. The molecule has 1 N–H and O–H groups in total. The van der Waals surface area contributed by atoms with Gasteiger partial charge in [0.05, 0.1) is 6.04 Å². The SMILES string of the molecule is C[C@@H](NC(=O)[C@H]1CCN(c2ccc(Br)cc2)C1=O)c1ccccc1. The Kier molecular flexibility index (Phi) is 5.00. The third-order valence-corrected chi connectivity index (χ3v) is 4.85. The van der Waals surface area contributed by atoms with Gasteiger partial charge in [0.25, 0.3) is 0 Å². The lowest BCUT2D eigenvalue weighted by atomic mass is 10.0. The first-order chi connectivity index (χ1) is 11.6. The van der Waals surface area contributed by atoms with E-state index in [1.165, 1.54) is 0 Å². The molecule has 124 valence electrons. The van der Waals surface area contributed by atoms with Crippen LogP contribution in [0, 0.1) is 5.92 Å². The van der Waals surface area contributed by atoms with Crippen LogP contribution >= 0.6 is 15.9 Å². The minimum absolute atomic E-state index is 0.117. The summed E-state index contributed by atoms with van der Waals surface area (Å²) in [5, 5.41) is 2.96. The van der Waals surface area contributed by atoms with Crippen molar-refractivity contribution in [2.24, 2.45) is 5.92 Å². The molecule has 1 saturated heterocycles. The summed E-state index contributed by atoms with van der Waals surface area (Å²) in [4.78, 5) is 26.8. The number of nitrogens with one attached hydrogen (secondary N) is 1. The number of anilines is 1. The van der Waals surface area contributed by atoms with E-state index in [4.69, 9.17) is 0 Å². The van der Waals surface area contributed by atoms with E-state index >= 15 is 0 Å². The lowest BCUT2D eigenvalue weighted by Crippen LogP contribution is -2.38. The van der Waals surface area contributed by atoms with Gasteiger partial charge in [-0.05, 0) is 43.2 Å². The summed E-state index contributed by atoms with van der Waals surface area (Å²) in [6.45, 7) is 2.50. The standard InChI is InChI=1S/C19H19BrN2O2/c1-13(14-5-3-2-4-6-14)21-18(23)17-11-12-22(19(17)24)16-9-7-15(20)8-10-16/h2-10,13,17H,11-12H2,1H3,(H,21,23)/t13-,17-/m1/s1. The van der Waals surface area contributed by atoms with Crippen LogP contribution < -0.4 is 10.2 Å². The van der Waals surface area contributed by atoms with Crippen molar-refractivity contribution in [1.29, 1.82) is 0 Å². The van der Waals surface area contributed by atoms with E-state index in [2.05, 4.69) is 21.2 Å². The van der Waals surface area contributed by atoms with Crippen LogP contribution in [0.2, 0.25) is 0 Å². The summed E-state index contributed by atoms with van der Waals surface area (Å²) in [6, 6.07) is 17.2. The normalized spacial score (nSPS) is 18.5. The van der Waals surface area contributed by atoms with Gasteiger partial charge in [0.1, 0.15) is 5.92 Å². The topological polar surface area (TPSA) is 49.4 Å². The Balaban J connectivity index is 1.66. The molecule has 1 fully saturated rings. The Morgan fingerprint density at radius 3 is 2.50 bits per heavy atom. The molecule has 0 aliphatic carbocycles. The predicted octanol–water partition coefficient (Wildman–Crippen LogP) is 3.68. The third kappa shape index (κ3) is 3.51. The van der Waals surface area contributed by atoms with Gasteiger partial charge in [-0.2, -0.15) is 0 Å². The summed E-state index contributed by atoms with van der Waals surface area (Å²) < 4.78 is 0.962. The first kappa shape index (κ1) is 16.7. The van der Waals surface area contributed by atoms with Crippen LogP contribution in [0.5, 0.6) is 0 Å². The molecule has 1 aliphatic heterocycles. The molecular formula is C19H19BrN2O2. The Morgan fingerprint density at radius 2 is 1.83 bits per heavy atom. The van der Waals surface area contributed by atoms with Gasteiger partial charge in [0.2, 0.25) is 11.8 Å². The van der Waals surface area contributed by atoms with Crippen molar-refractivity contribution in [1.82, 2.24) is 5.32 Å². The predicted molar refractivity (Wildman–Crippen MR) is 97.6 cm³/mol. The van der Waals surface area contributed by atoms with E-state index in [0.29, 0.717) is 13.0 Å². The average molecular weight is 387 g/mol. The fraction of sp³-hybridized carbons (Fsp3) is 0.263. The van der Waals surface area contributed by atoms with Crippen molar-refractivity contribution in [3.8, 4) is 0 Å². The summed E-state index contributed by atoms with van der Waals surface area (Å²) >= 11 is 3.39. The summed E-state index contributed by atoms with van der Waals surface area (Å²) in [6.07, 6.45) is 0.544. The molecule has 24 heavy (non-hydrogen) atoms. The van der Waals surface area contributed by atoms with Crippen LogP contribution in [-0.2, 0) is 9.59 Å². The highest BCUT2D eigenvalue weighted by Gasteiger charge is 2.37. The minimum atomic E-state index is -0.611. The molecule has 2 aromatic rings. The number of hydrogen-bond acceptors (Lipinski definition) is 2. The van der Waals surface area contributed by atoms with Gasteiger partial charge in [-0.1, -0.05) is 46.3 Å². The zero-order valence-electron chi connectivity index (χ0n) is 13.4. The van der Waals surface area contributed by atoms with Crippen molar-refractivity contribution in [2.75, 3.05) is 11.4 Å². The highest BCUT2D eigenvalue weighted by atomic mass is 79.9. The molecule has 1 aliphatic rings. The van der Waals surface area contributed by atoms with Gasteiger partial charge >= 0.3 is 0 Å². The zero-order valence-corrected chi connectivity index (χ0v) is 15.0.